The zero-order valence-corrected chi connectivity index (χ0v) is 14.8. The summed E-state index contributed by atoms with van der Waals surface area (Å²) in [7, 11) is 1.54. The second kappa shape index (κ2) is 9.33. The average molecular weight is 387 g/mol. The van der Waals surface area contributed by atoms with E-state index in [9.17, 15) is 18.0 Å². The van der Waals surface area contributed by atoms with Crippen LogP contribution in [-0.4, -0.2) is 31.1 Å². The molecule has 0 saturated carbocycles. The molecule has 2 amide bonds. The predicted octanol–water partition coefficient (Wildman–Crippen LogP) is 4.46. The first-order valence-corrected chi connectivity index (χ1v) is 8.20. The SMILES string of the molecule is CN(Cc1c(F)cccc1Cl)C(=O)NCCc1ccc(OC(F)F)cc1. The highest BCUT2D eigenvalue weighted by Crippen LogP contribution is 2.20. The number of benzene rings is 2. The van der Waals surface area contributed by atoms with Crippen LogP contribution in [0, 0.1) is 5.82 Å². The topological polar surface area (TPSA) is 41.6 Å². The maximum atomic E-state index is 13.8. The molecule has 2 aromatic carbocycles. The molecule has 0 aliphatic rings. The maximum Gasteiger partial charge on any atom is 0.387 e. The largest absolute Gasteiger partial charge is 0.435 e. The van der Waals surface area contributed by atoms with Crippen molar-refractivity contribution in [2.75, 3.05) is 13.6 Å². The fraction of sp³-hybridized carbons (Fsp3) is 0.278. The Morgan fingerprint density at radius 3 is 2.54 bits per heavy atom. The number of nitrogens with one attached hydrogen (secondary N) is 1. The summed E-state index contributed by atoms with van der Waals surface area (Å²) in [6.45, 7) is -2.49. The van der Waals surface area contributed by atoms with Crippen molar-refractivity contribution < 1.29 is 22.7 Å². The van der Waals surface area contributed by atoms with Gasteiger partial charge in [-0.25, -0.2) is 9.18 Å². The zero-order valence-electron chi connectivity index (χ0n) is 14.0. The molecule has 0 bridgehead atoms. The summed E-state index contributed by atoms with van der Waals surface area (Å²) < 4.78 is 42.2. The summed E-state index contributed by atoms with van der Waals surface area (Å²) in [4.78, 5) is 13.4. The maximum absolute atomic E-state index is 13.8. The number of carbonyl (C=O) groups excluding carboxylic acids is 1. The van der Waals surface area contributed by atoms with Crippen LogP contribution < -0.4 is 10.1 Å². The van der Waals surface area contributed by atoms with Crippen molar-refractivity contribution in [1.29, 1.82) is 0 Å². The van der Waals surface area contributed by atoms with Gasteiger partial charge in [0.1, 0.15) is 11.6 Å². The summed E-state index contributed by atoms with van der Waals surface area (Å²) in [6, 6.07) is 10.1. The first kappa shape index (κ1) is 19.9. The molecule has 0 aliphatic carbocycles. The molecule has 2 rings (SSSR count). The van der Waals surface area contributed by atoms with E-state index in [1.165, 1.54) is 36.2 Å². The number of ether oxygens (including phenoxy) is 1. The van der Waals surface area contributed by atoms with E-state index < -0.39 is 12.4 Å². The van der Waals surface area contributed by atoms with Gasteiger partial charge >= 0.3 is 12.6 Å². The van der Waals surface area contributed by atoms with Gasteiger partial charge < -0.3 is 15.0 Å². The van der Waals surface area contributed by atoms with Gasteiger partial charge in [-0.15, -0.1) is 0 Å². The van der Waals surface area contributed by atoms with Crippen molar-refractivity contribution in [2.24, 2.45) is 0 Å². The molecule has 8 heteroatoms. The Hall–Kier alpha value is -2.41. The molecule has 2 aromatic rings. The van der Waals surface area contributed by atoms with Crippen molar-refractivity contribution in [1.82, 2.24) is 10.2 Å². The number of alkyl halides is 2. The van der Waals surface area contributed by atoms with Gasteiger partial charge in [-0.2, -0.15) is 8.78 Å². The molecule has 0 unspecified atom stereocenters. The van der Waals surface area contributed by atoms with Gasteiger partial charge in [-0.1, -0.05) is 29.8 Å². The van der Waals surface area contributed by atoms with Crippen LogP contribution in [0.4, 0.5) is 18.0 Å². The van der Waals surface area contributed by atoms with E-state index in [4.69, 9.17) is 11.6 Å². The monoisotopic (exact) mass is 386 g/mol. The van der Waals surface area contributed by atoms with Crippen LogP contribution in [-0.2, 0) is 13.0 Å². The van der Waals surface area contributed by atoms with Gasteiger partial charge in [0.05, 0.1) is 6.54 Å². The molecular weight excluding hydrogens is 369 g/mol. The molecular formula is C18H18ClF3N2O2. The number of amides is 2. The van der Waals surface area contributed by atoms with Gasteiger partial charge in [-0.05, 0) is 36.2 Å². The third kappa shape index (κ3) is 5.84. The Morgan fingerprint density at radius 2 is 1.92 bits per heavy atom. The van der Waals surface area contributed by atoms with Crippen LogP contribution in [0.3, 0.4) is 0 Å². The second-order valence-electron chi connectivity index (χ2n) is 5.56. The number of nitrogens with zero attached hydrogens (tertiary/aromatic N) is 1. The minimum atomic E-state index is -2.86. The first-order chi connectivity index (χ1) is 12.4. The Kier molecular flexibility index (Phi) is 7.15. The number of hydrogen-bond acceptors (Lipinski definition) is 2. The molecule has 0 aliphatic heterocycles. The number of rotatable bonds is 7. The molecule has 0 aromatic heterocycles. The Bertz CT molecular complexity index is 721. The number of halogens is 4. The van der Waals surface area contributed by atoms with Crippen molar-refractivity contribution in [3.05, 3.63) is 64.4 Å². The normalized spacial score (nSPS) is 10.7. The van der Waals surface area contributed by atoms with Crippen LogP contribution in [0.2, 0.25) is 5.02 Å². The fourth-order valence-corrected chi connectivity index (χ4v) is 2.50. The Morgan fingerprint density at radius 1 is 1.23 bits per heavy atom. The molecule has 0 radical (unpaired) electrons. The predicted molar refractivity (Wildman–Crippen MR) is 93.1 cm³/mol. The van der Waals surface area contributed by atoms with Crippen molar-refractivity contribution in [3.63, 3.8) is 0 Å². The molecule has 1 N–H and O–H groups in total. The highest BCUT2D eigenvalue weighted by Gasteiger charge is 2.14. The summed E-state index contributed by atoms with van der Waals surface area (Å²) in [6.07, 6.45) is 0.509. The highest BCUT2D eigenvalue weighted by molar-refractivity contribution is 6.31. The summed E-state index contributed by atoms with van der Waals surface area (Å²) in [5, 5.41) is 2.97. The molecule has 140 valence electrons. The lowest BCUT2D eigenvalue weighted by Crippen LogP contribution is -2.38. The van der Waals surface area contributed by atoms with Gasteiger partial charge in [0, 0.05) is 24.2 Å². The fourth-order valence-electron chi connectivity index (χ4n) is 2.28. The molecule has 0 spiro atoms. The third-order valence-electron chi connectivity index (χ3n) is 3.64. The minimum Gasteiger partial charge on any atom is -0.435 e. The van der Waals surface area contributed by atoms with Crippen LogP contribution in [0.15, 0.2) is 42.5 Å². The summed E-state index contributed by atoms with van der Waals surface area (Å²) >= 11 is 5.95. The van der Waals surface area contributed by atoms with Crippen molar-refractivity contribution >= 4 is 17.6 Å². The summed E-state index contributed by atoms with van der Waals surface area (Å²) in [5.41, 5.74) is 1.10. The molecule has 0 atom stereocenters. The van der Waals surface area contributed by atoms with Crippen LogP contribution in [0.1, 0.15) is 11.1 Å². The molecule has 0 fully saturated rings. The van der Waals surface area contributed by atoms with E-state index in [0.29, 0.717) is 13.0 Å². The van der Waals surface area contributed by atoms with Gasteiger partial charge in [0.2, 0.25) is 0 Å². The van der Waals surface area contributed by atoms with E-state index in [0.717, 1.165) is 5.56 Å². The van der Waals surface area contributed by atoms with Crippen LogP contribution in [0.5, 0.6) is 5.75 Å². The molecule has 26 heavy (non-hydrogen) atoms. The van der Waals surface area contributed by atoms with E-state index >= 15 is 0 Å². The van der Waals surface area contributed by atoms with Gasteiger partial charge in [0.25, 0.3) is 0 Å². The Balaban J connectivity index is 1.81. The molecule has 0 saturated heterocycles. The van der Waals surface area contributed by atoms with E-state index in [1.807, 2.05) is 0 Å². The lowest BCUT2D eigenvalue weighted by atomic mass is 10.1. The van der Waals surface area contributed by atoms with E-state index in [2.05, 4.69) is 10.1 Å². The van der Waals surface area contributed by atoms with Crippen molar-refractivity contribution in [3.8, 4) is 5.75 Å². The molecule has 4 nitrogen and oxygen atoms in total. The lowest BCUT2D eigenvalue weighted by Gasteiger charge is -2.19. The standard InChI is InChI=1S/C18H18ClF3N2O2/c1-24(11-14-15(19)3-2-4-16(14)20)18(25)23-10-9-12-5-7-13(8-6-12)26-17(21)22/h2-8,17H,9-11H2,1H3,(H,23,25). The zero-order chi connectivity index (χ0) is 19.1. The second-order valence-corrected chi connectivity index (χ2v) is 5.97. The quantitative estimate of drug-likeness (QED) is 0.763. The van der Waals surface area contributed by atoms with Crippen LogP contribution >= 0.6 is 11.6 Å². The summed E-state index contributed by atoms with van der Waals surface area (Å²) in [5.74, 6) is -0.391. The minimum absolute atomic E-state index is 0.0387. The molecule has 0 heterocycles. The highest BCUT2D eigenvalue weighted by atomic mass is 35.5. The van der Waals surface area contributed by atoms with Crippen molar-refractivity contribution in [2.45, 2.75) is 19.6 Å². The Labute approximate surface area is 154 Å². The van der Waals surface area contributed by atoms with E-state index in [1.54, 1.807) is 18.2 Å². The number of hydrogen-bond donors (Lipinski definition) is 1. The van der Waals surface area contributed by atoms with Gasteiger partial charge in [-0.3, -0.25) is 0 Å². The van der Waals surface area contributed by atoms with E-state index in [-0.39, 0.29) is 28.9 Å². The lowest BCUT2D eigenvalue weighted by molar-refractivity contribution is -0.0498. The number of urea groups is 1. The number of carbonyl (C=O) groups is 1. The first-order valence-electron chi connectivity index (χ1n) is 7.82. The van der Waals surface area contributed by atoms with Crippen LogP contribution in [0.25, 0.3) is 0 Å². The smallest absolute Gasteiger partial charge is 0.387 e. The third-order valence-corrected chi connectivity index (χ3v) is 4.00. The average Bonchev–Trinajstić information content (AvgIpc) is 2.59. The van der Waals surface area contributed by atoms with Gasteiger partial charge in [0.15, 0.2) is 0 Å².